The molecule has 4 nitrogen and oxygen atoms in total. The number of nitrogens with zero attached hydrogens (tertiary/aromatic N) is 1. The summed E-state index contributed by atoms with van der Waals surface area (Å²) in [7, 11) is 2.19. The van der Waals surface area contributed by atoms with E-state index in [-0.39, 0.29) is 5.91 Å². The summed E-state index contributed by atoms with van der Waals surface area (Å²) in [5.41, 5.74) is 1.92. The van der Waals surface area contributed by atoms with Gasteiger partial charge in [-0.25, -0.2) is 0 Å². The number of benzene rings is 1. The molecule has 110 valence electrons. The van der Waals surface area contributed by atoms with Crippen molar-refractivity contribution in [3.8, 4) is 0 Å². The van der Waals surface area contributed by atoms with Gasteiger partial charge in [0.1, 0.15) is 0 Å². The Morgan fingerprint density at radius 3 is 2.60 bits per heavy atom. The highest BCUT2D eigenvalue weighted by Crippen LogP contribution is 2.23. The monoisotopic (exact) mass is 275 g/mol. The van der Waals surface area contributed by atoms with Crippen molar-refractivity contribution >= 4 is 17.3 Å². The summed E-state index contributed by atoms with van der Waals surface area (Å²) in [5.74, 6) is 0.682. The average molecular weight is 275 g/mol. The van der Waals surface area contributed by atoms with E-state index in [4.69, 9.17) is 0 Å². The number of piperidine rings is 1. The van der Waals surface area contributed by atoms with Gasteiger partial charge in [0.2, 0.25) is 5.91 Å². The highest BCUT2D eigenvalue weighted by Gasteiger charge is 2.22. The normalized spacial score (nSPS) is 18.6. The van der Waals surface area contributed by atoms with E-state index in [0.29, 0.717) is 6.04 Å². The zero-order valence-corrected chi connectivity index (χ0v) is 12.6. The van der Waals surface area contributed by atoms with Gasteiger partial charge < -0.3 is 15.5 Å². The second kappa shape index (κ2) is 6.75. The van der Waals surface area contributed by atoms with Crippen LogP contribution < -0.4 is 10.6 Å². The van der Waals surface area contributed by atoms with Crippen LogP contribution in [0.25, 0.3) is 0 Å². The number of carbonyl (C=O) groups excluding carboxylic acids is 1. The molecule has 0 spiro atoms. The fraction of sp³-hybridized carbons (Fsp3) is 0.562. The van der Waals surface area contributed by atoms with Crippen LogP contribution in [0.2, 0.25) is 0 Å². The molecule has 1 aliphatic rings. The van der Waals surface area contributed by atoms with Gasteiger partial charge in [-0.3, -0.25) is 4.79 Å². The molecule has 1 amide bonds. The van der Waals surface area contributed by atoms with E-state index in [0.717, 1.165) is 17.3 Å². The number of amides is 1. The molecule has 1 unspecified atom stereocenters. The fourth-order valence-corrected chi connectivity index (χ4v) is 2.80. The standard InChI is InChI=1S/C16H25N3O/c1-12(14-7-9-19(3)10-8-14)17-15-5-4-6-16(11-15)18-13(2)20/h4-6,11-12,14,17H,7-10H2,1-3H3,(H,18,20). The summed E-state index contributed by atoms with van der Waals surface area (Å²) in [6.45, 7) is 6.15. The Morgan fingerprint density at radius 1 is 1.30 bits per heavy atom. The van der Waals surface area contributed by atoms with Gasteiger partial charge in [-0.15, -0.1) is 0 Å². The zero-order chi connectivity index (χ0) is 14.5. The van der Waals surface area contributed by atoms with Crippen molar-refractivity contribution in [1.82, 2.24) is 4.90 Å². The maximum atomic E-state index is 11.1. The summed E-state index contributed by atoms with van der Waals surface area (Å²) in [6, 6.07) is 8.38. The van der Waals surface area contributed by atoms with Crippen LogP contribution in [0.15, 0.2) is 24.3 Å². The van der Waals surface area contributed by atoms with Crippen molar-refractivity contribution in [1.29, 1.82) is 0 Å². The van der Waals surface area contributed by atoms with Gasteiger partial charge in [0.05, 0.1) is 0 Å². The third-order valence-electron chi connectivity index (χ3n) is 4.05. The van der Waals surface area contributed by atoms with Crippen LogP contribution in [0.4, 0.5) is 11.4 Å². The second-order valence-electron chi connectivity index (χ2n) is 5.84. The number of rotatable bonds is 4. The van der Waals surface area contributed by atoms with Crippen molar-refractivity contribution in [2.45, 2.75) is 32.7 Å². The SMILES string of the molecule is CC(=O)Nc1cccc(NC(C)C2CCN(C)CC2)c1. The molecule has 1 aromatic rings. The summed E-state index contributed by atoms with van der Waals surface area (Å²) < 4.78 is 0. The summed E-state index contributed by atoms with van der Waals surface area (Å²) in [5, 5.41) is 6.39. The molecule has 1 aliphatic heterocycles. The number of hydrogen-bond donors (Lipinski definition) is 2. The first kappa shape index (κ1) is 14.9. The van der Waals surface area contributed by atoms with Gasteiger partial charge in [-0.2, -0.15) is 0 Å². The third kappa shape index (κ3) is 4.23. The number of likely N-dealkylation sites (tertiary alicyclic amines) is 1. The lowest BCUT2D eigenvalue weighted by atomic mass is 9.90. The zero-order valence-electron chi connectivity index (χ0n) is 12.6. The molecule has 0 bridgehead atoms. The Morgan fingerprint density at radius 2 is 1.95 bits per heavy atom. The topological polar surface area (TPSA) is 44.4 Å². The Hall–Kier alpha value is -1.55. The van der Waals surface area contributed by atoms with Crippen molar-refractivity contribution in [2.75, 3.05) is 30.8 Å². The van der Waals surface area contributed by atoms with E-state index < -0.39 is 0 Å². The first-order chi connectivity index (χ1) is 9.54. The molecule has 1 saturated heterocycles. The van der Waals surface area contributed by atoms with E-state index in [2.05, 4.69) is 35.6 Å². The fourth-order valence-electron chi connectivity index (χ4n) is 2.80. The lowest BCUT2D eigenvalue weighted by molar-refractivity contribution is -0.114. The quantitative estimate of drug-likeness (QED) is 0.888. The van der Waals surface area contributed by atoms with Crippen LogP contribution in [-0.2, 0) is 4.79 Å². The Bertz CT molecular complexity index is 453. The van der Waals surface area contributed by atoms with Crippen LogP contribution in [0, 0.1) is 5.92 Å². The largest absolute Gasteiger partial charge is 0.382 e. The van der Waals surface area contributed by atoms with E-state index >= 15 is 0 Å². The molecular weight excluding hydrogens is 250 g/mol. The van der Waals surface area contributed by atoms with E-state index in [9.17, 15) is 4.79 Å². The van der Waals surface area contributed by atoms with E-state index in [1.54, 1.807) is 0 Å². The van der Waals surface area contributed by atoms with Gasteiger partial charge in [0, 0.05) is 24.3 Å². The van der Waals surface area contributed by atoms with Crippen molar-refractivity contribution in [3.05, 3.63) is 24.3 Å². The molecule has 1 aromatic carbocycles. The predicted molar refractivity (Wildman–Crippen MR) is 84.1 cm³/mol. The molecule has 2 N–H and O–H groups in total. The maximum absolute atomic E-state index is 11.1. The summed E-state index contributed by atoms with van der Waals surface area (Å²) >= 11 is 0. The number of anilines is 2. The molecular formula is C16H25N3O. The van der Waals surface area contributed by atoms with Crippen molar-refractivity contribution < 1.29 is 4.79 Å². The van der Waals surface area contributed by atoms with Crippen LogP contribution in [0.5, 0.6) is 0 Å². The van der Waals surface area contributed by atoms with Crippen LogP contribution in [-0.4, -0.2) is 37.0 Å². The molecule has 0 aliphatic carbocycles. The van der Waals surface area contributed by atoms with E-state index in [1.165, 1.54) is 32.9 Å². The van der Waals surface area contributed by atoms with Gasteiger partial charge >= 0.3 is 0 Å². The smallest absolute Gasteiger partial charge is 0.221 e. The molecule has 20 heavy (non-hydrogen) atoms. The highest BCUT2D eigenvalue weighted by atomic mass is 16.1. The first-order valence-corrected chi connectivity index (χ1v) is 7.37. The molecule has 0 saturated carbocycles. The lowest BCUT2D eigenvalue weighted by Crippen LogP contribution is -2.37. The molecule has 0 aromatic heterocycles. The molecule has 2 rings (SSSR count). The Kier molecular flexibility index (Phi) is 5.01. The average Bonchev–Trinajstić information content (AvgIpc) is 2.39. The predicted octanol–water partition coefficient (Wildman–Crippen LogP) is 2.79. The first-order valence-electron chi connectivity index (χ1n) is 7.37. The minimum Gasteiger partial charge on any atom is -0.382 e. The van der Waals surface area contributed by atoms with Gasteiger partial charge in [-0.05, 0) is 64.0 Å². The van der Waals surface area contributed by atoms with Gasteiger partial charge in [0.15, 0.2) is 0 Å². The van der Waals surface area contributed by atoms with Gasteiger partial charge in [-0.1, -0.05) is 6.07 Å². The van der Waals surface area contributed by atoms with Crippen LogP contribution in [0.3, 0.4) is 0 Å². The number of nitrogens with one attached hydrogen (secondary N) is 2. The molecule has 4 heteroatoms. The Balaban J connectivity index is 1.93. The third-order valence-corrected chi connectivity index (χ3v) is 4.05. The van der Waals surface area contributed by atoms with Gasteiger partial charge in [0.25, 0.3) is 0 Å². The highest BCUT2D eigenvalue weighted by molar-refractivity contribution is 5.89. The molecule has 1 atom stereocenters. The van der Waals surface area contributed by atoms with Crippen LogP contribution in [0.1, 0.15) is 26.7 Å². The Labute approximate surface area is 121 Å². The minimum absolute atomic E-state index is 0.0366. The van der Waals surface area contributed by atoms with Crippen LogP contribution >= 0.6 is 0 Å². The summed E-state index contributed by atoms with van der Waals surface area (Å²) in [6.07, 6.45) is 2.49. The number of hydrogen-bond acceptors (Lipinski definition) is 3. The molecule has 1 fully saturated rings. The lowest BCUT2D eigenvalue weighted by Gasteiger charge is -2.33. The maximum Gasteiger partial charge on any atom is 0.221 e. The molecule has 0 radical (unpaired) electrons. The molecule has 1 heterocycles. The van der Waals surface area contributed by atoms with Crippen molar-refractivity contribution in [3.63, 3.8) is 0 Å². The number of carbonyl (C=O) groups is 1. The van der Waals surface area contributed by atoms with E-state index in [1.807, 2.05) is 18.2 Å². The van der Waals surface area contributed by atoms with Crippen molar-refractivity contribution in [2.24, 2.45) is 5.92 Å². The minimum atomic E-state index is -0.0366. The second-order valence-corrected chi connectivity index (χ2v) is 5.84. The summed E-state index contributed by atoms with van der Waals surface area (Å²) in [4.78, 5) is 13.5.